The third kappa shape index (κ3) is 5.42. The lowest BCUT2D eigenvalue weighted by molar-refractivity contribution is 0.127. The van der Waals surface area contributed by atoms with Gasteiger partial charge in [-0.25, -0.2) is 0 Å². The molecule has 1 aromatic carbocycles. The van der Waals surface area contributed by atoms with Gasteiger partial charge in [0.2, 0.25) is 0 Å². The summed E-state index contributed by atoms with van der Waals surface area (Å²) in [6.07, 6.45) is 1.27. The van der Waals surface area contributed by atoms with Gasteiger partial charge in [0.25, 0.3) is 0 Å². The normalized spacial score (nSPS) is 17.5. The summed E-state index contributed by atoms with van der Waals surface area (Å²) in [4.78, 5) is 5.18. The Kier molecular flexibility index (Phi) is 6.68. The number of nitrogens with zero attached hydrogens (tertiary/aromatic N) is 2. The largest absolute Gasteiger partial charge is 0.310 e. The summed E-state index contributed by atoms with van der Waals surface area (Å²) < 4.78 is 0. The van der Waals surface area contributed by atoms with E-state index in [4.69, 9.17) is 0 Å². The highest BCUT2D eigenvalue weighted by atomic mass is 15.3. The van der Waals surface area contributed by atoms with Gasteiger partial charge in [-0.15, -0.1) is 0 Å². The average molecular weight is 289 g/mol. The zero-order chi connectivity index (χ0) is 15.1. The summed E-state index contributed by atoms with van der Waals surface area (Å²) in [5.74, 6) is 0. The molecule has 0 aliphatic carbocycles. The lowest BCUT2D eigenvalue weighted by Gasteiger charge is -2.34. The molecule has 3 nitrogen and oxygen atoms in total. The minimum Gasteiger partial charge on any atom is -0.310 e. The predicted octanol–water partition coefficient (Wildman–Crippen LogP) is 2.71. The van der Waals surface area contributed by atoms with Crippen LogP contribution in [0, 0.1) is 0 Å². The van der Waals surface area contributed by atoms with E-state index < -0.39 is 0 Å². The molecule has 0 radical (unpaired) electrons. The van der Waals surface area contributed by atoms with Crippen LogP contribution >= 0.6 is 0 Å². The monoisotopic (exact) mass is 289 g/mol. The molecule has 1 N–H and O–H groups in total. The van der Waals surface area contributed by atoms with Crippen LogP contribution in [0.5, 0.6) is 0 Å². The Morgan fingerprint density at radius 2 is 1.62 bits per heavy atom. The first-order chi connectivity index (χ1) is 10.2. The van der Waals surface area contributed by atoms with Crippen LogP contribution in [0.25, 0.3) is 0 Å². The SMILES string of the molecule is CCCN1CCN(Cc2ccccc2CNC(C)C)CC1. The second-order valence-electron chi connectivity index (χ2n) is 6.42. The van der Waals surface area contributed by atoms with Gasteiger partial charge in [-0.1, -0.05) is 45.0 Å². The maximum Gasteiger partial charge on any atom is 0.0238 e. The molecule has 1 saturated heterocycles. The standard InChI is InChI=1S/C18H31N3/c1-4-9-20-10-12-21(13-11-20)15-18-8-6-5-7-17(18)14-19-16(2)3/h5-8,16,19H,4,9-15H2,1-3H3. The molecule has 0 amide bonds. The number of hydrogen-bond acceptors (Lipinski definition) is 3. The molecule has 1 heterocycles. The van der Waals surface area contributed by atoms with Crippen molar-refractivity contribution in [3.63, 3.8) is 0 Å². The molecule has 3 heteroatoms. The third-order valence-corrected chi connectivity index (χ3v) is 4.22. The van der Waals surface area contributed by atoms with E-state index in [1.807, 2.05) is 0 Å². The second kappa shape index (κ2) is 8.52. The second-order valence-corrected chi connectivity index (χ2v) is 6.42. The van der Waals surface area contributed by atoms with Crippen molar-refractivity contribution in [2.45, 2.75) is 46.3 Å². The van der Waals surface area contributed by atoms with Crippen molar-refractivity contribution in [1.82, 2.24) is 15.1 Å². The molecule has 0 spiro atoms. The summed E-state index contributed by atoms with van der Waals surface area (Å²) in [6, 6.07) is 9.41. The van der Waals surface area contributed by atoms with E-state index in [9.17, 15) is 0 Å². The summed E-state index contributed by atoms with van der Waals surface area (Å²) in [5.41, 5.74) is 2.93. The van der Waals surface area contributed by atoms with Gasteiger partial charge in [0, 0.05) is 45.3 Å². The molecular weight excluding hydrogens is 258 g/mol. The number of rotatable bonds is 7. The molecule has 0 unspecified atom stereocenters. The fourth-order valence-electron chi connectivity index (χ4n) is 2.93. The highest BCUT2D eigenvalue weighted by Crippen LogP contribution is 2.14. The van der Waals surface area contributed by atoms with Crippen LogP contribution in [-0.4, -0.2) is 48.6 Å². The predicted molar refractivity (Wildman–Crippen MR) is 90.4 cm³/mol. The molecule has 0 saturated carbocycles. The summed E-state index contributed by atoms with van der Waals surface area (Å²) in [6.45, 7) is 14.8. The van der Waals surface area contributed by atoms with Crippen molar-refractivity contribution in [3.8, 4) is 0 Å². The smallest absolute Gasteiger partial charge is 0.0238 e. The molecular formula is C18H31N3. The van der Waals surface area contributed by atoms with E-state index >= 15 is 0 Å². The Balaban J connectivity index is 1.88. The minimum absolute atomic E-state index is 0.538. The molecule has 1 aliphatic heterocycles. The van der Waals surface area contributed by atoms with Gasteiger partial charge in [0.15, 0.2) is 0 Å². The molecule has 1 fully saturated rings. The lowest BCUT2D eigenvalue weighted by Crippen LogP contribution is -2.46. The van der Waals surface area contributed by atoms with Crippen molar-refractivity contribution in [1.29, 1.82) is 0 Å². The van der Waals surface area contributed by atoms with E-state index in [1.54, 1.807) is 0 Å². The first-order valence-corrected chi connectivity index (χ1v) is 8.44. The van der Waals surface area contributed by atoms with Gasteiger partial charge in [-0.3, -0.25) is 4.90 Å². The van der Waals surface area contributed by atoms with E-state index in [-0.39, 0.29) is 0 Å². The Morgan fingerprint density at radius 3 is 2.24 bits per heavy atom. The van der Waals surface area contributed by atoms with Crippen LogP contribution in [0.2, 0.25) is 0 Å². The number of benzene rings is 1. The Hall–Kier alpha value is -0.900. The minimum atomic E-state index is 0.538. The number of piperazine rings is 1. The quantitative estimate of drug-likeness (QED) is 0.832. The van der Waals surface area contributed by atoms with Gasteiger partial charge < -0.3 is 10.2 Å². The van der Waals surface area contributed by atoms with E-state index in [0.29, 0.717) is 6.04 Å². The Morgan fingerprint density at radius 1 is 1.00 bits per heavy atom. The first kappa shape index (κ1) is 16.5. The van der Waals surface area contributed by atoms with Crippen molar-refractivity contribution >= 4 is 0 Å². The van der Waals surface area contributed by atoms with Crippen molar-refractivity contribution in [2.75, 3.05) is 32.7 Å². The summed E-state index contributed by atoms with van der Waals surface area (Å²) in [5, 5.41) is 3.54. The van der Waals surface area contributed by atoms with Crippen molar-refractivity contribution in [3.05, 3.63) is 35.4 Å². The zero-order valence-electron chi connectivity index (χ0n) is 13.9. The summed E-state index contributed by atoms with van der Waals surface area (Å²) in [7, 11) is 0. The van der Waals surface area contributed by atoms with Crippen LogP contribution in [-0.2, 0) is 13.1 Å². The van der Waals surface area contributed by atoms with Gasteiger partial charge in [0.05, 0.1) is 0 Å². The molecule has 21 heavy (non-hydrogen) atoms. The van der Waals surface area contributed by atoms with Gasteiger partial charge in [0.1, 0.15) is 0 Å². The van der Waals surface area contributed by atoms with Crippen LogP contribution in [0.1, 0.15) is 38.3 Å². The topological polar surface area (TPSA) is 18.5 Å². The average Bonchev–Trinajstić information content (AvgIpc) is 2.48. The molecule has 1 aromatic rings. The lowest BCUT2D eigenvalue weighted by atomic mass is 10.1. The maximum absolute atomic E-state index is 3.54. The number of nitrogens with one attached hydrogen (secondary N) is 1. The molecule has 0 atom stereocenters. The molecule has 2 rings (SSSR count). The third-order valence-electron chi connectivity index (χ3n) is 4.22. The molecule has 0 aromatic heterocycles. The van der Waals surface area contributed by atoms with Gasteiger partial charge in [-0.05, 0) is 24.1 Å². The van der Waals surface area contributed by atoms with Crippen LogP contribution in [0.3, 0.4) is 0 Å². The summed E-state index contributed by atoms with van der Waals surface area (Å²) >= 11 is 0. The number of hydrogen-bond donors (Lipinski definition) is 1. The first-order valence-electron chi connectivity index (χ1n) is 8.44. The fourth-order valence-corrected chi connectivity index (χ4v) is 2.93. The zero-order valence-corrected chi connectivity index (χ0v) is 13.9. The maximum atomic E-state index is 3.54. The van der Waals surface area contributed by atoms with Crippen molar-refractivity contribution < 1.29 is 0 Å². The Bertz CT molecular complexity index is 409. The molecule has 0 bridgehead atoms. The fraction of sp³-hybridized carbons (Fsp3) is 0.667. The highest BCUT2D eigenvalue weighted by molar-refractivity contribution is 5.27. The van der Waals surface area contributed by atoms with E-state index in [2.05, 4.69) is 60.2 Å². The molecule has 1 aliphatic rings. The van der Waals surface area contributed by atoms with Gasteiger partial charge >= 0.3 is 0 Å². The van der Waals surface area contributed by atoms with E-state index in [0.717, 1.165) is 13.1 Å². The van der Waals surface area contributed by atoms with Crippen molar-refractivity contribution in [2.24, 2.45) is 0 Å². The van der Waals surface area contributed by atoms with Crippen LogP contribution in [0.4, 0.5) is 0 Å². The Labute approximate surface area is 130 Å². The van der Waals surface area contributed by atoms with E-state index in [1.165, 1.54) is 50.3 Å². The van der Waals surface area contributed by atoms with Crippen LogP contribution in [0.15, 0.2) is 24.3 Å². The highest BCUT2D eigenvalue weighted by Gasteiger charge is 2.16. The van der Waals surface area contributed by atoms with Crippen LogP contribution < -0.4 is 5.32 Å². The molecule has 118 valence electrons. The van der Waals surface area contributed by atoms with Gasteiger partial charge in [-0.2, -0.15) is 0 Å².